The quantitative estimate of drug-likeness (QED) is 0.517. The van der Waals surface area contributed by atoms with E-state index in [2.05, 4.69) is 9.71 Å². The molecule has 7 nitrogen and oxygen atoms in total. The molecule has 3 N–H and O–H groups in total. The minimum absolute atomic E-state index is 0. The Kier molecular flexibility index (Phi) is 7.25. The number of sulfonamides is 1. The molecule has 2 aromatic rings. The monoisotopic (exact) mass is 411 g/mol. The van der Waals surface area contributed by atoms with Crippen LogP contribution in [-0.2, 0) is 15.8 Å². The number of rotatable bonds is 5. The van der Waals surface area contributed by atoms with Gasteiger partial charge in [-0.3, -0.25) is 19.7 Å². The Morgan fingerprint density at radius 3 is 2.38 bits per heavy atom. The lowest BCUT2D eigenvalue weighted by Crippen LogP contribution is -2.21. The van der Waals surface area contributed by atoms with E-state index >= 15 is 0 Å². The standard InChI is InChI=1S/C13H11Cl2N3O4S.ClH/c14-9-3-8(4-10(15)5-9)7-23(21,22)18-11-1-2-16-12(6-11)13(19)17-20;/h1-6,20H,7H2,(H,16,18)(H,17,19);1H. The highest BCUT2D eigenvalue weighted by Gasteiger charge is 2.14. The molecule has 0 radical (unpaired) electrons. The Morgan fingerprint density at radius 1 is 1.17 bits per heavy atom. The van der Waals surface area contributed by atoms with Crippen LogP contribution in [0.1, 0.15) is 16.1 Å². The van der Waals surface area contributed by atoms with Crippen LogP contribution >= 0.6 is 35.6 Å². The predicted octanol–water partition coefficient (Wildman–Crippen LogP) is 2.87. The number of amides is 1. The highest BCUT2D eigenvalue weighted by Crippen LogP contribution is 2.21. The molecule has 0 aliphatic heterocycles. The van der Waals surface area contributed by atoms with E-state index in [0.29, 0.717) is 15.6 Å². The Labute approximate surface area is 154 Å². The lowest BCUT2D eigenvalue weighted by atomic mass is 10.2. The second kappa shape index (κ2) is 8.50. The maximum atomic E-state index is 12.2. The van der Waals surface area contributed by atoms with Crippen molar-refractivity contribution in [2.45, 2.75) is 5.75 Å². The Hall–Kier alpha value is -1.58. The van der Waals surface area contributed by atoms with E-state index in [-0.39, 0.29) is 29.5 Å². The van der Waals surface area contributed by atoms with Crippen LogP contribution in [0.25, 0.3) is 0 Å². The third kappa shape index (κ3) is 5.81. The van der Waals surface area contributed by atoms with Crippen molar-refractivity contribution in [1.82, 2.24) is 10.5 Å². The van der Waals surface area contributed by atoms with Crippen LogP contribution in [0.5, 0.6) is 0 Å². The average molecular weight is 413 g/mol. The first-order chi connectivity index (χ1) is 10.8. The van der Waals surface area contributed by atoms with Crippen LogP contribution < -0.4 is 10.2 Å². The molecule has 11 heteroatoms. The van der Waals surface area contributed by atoms with E-state index in [4.69, 9.17) is 28.4 Å². The number of halogens is 3. The van der Waals surface area contributed by atoms with Gasteiger partial charge in [0.15, 0.2) is 0 Å². The number of carbonyl (C=O) groups excluding carboxylic acids is 1. The number of nitrogens with one attached hydrogen (secondary N) is 2. The van der Waals surface area contributed by atoms with Crippen molar-refractivity contribution < 1.29 is 18.4 Å². The van der Waals surface area contributed by atoms with Gasteiger partial charge in [0.05, 0.1) is 11.4 Å². The summed E-state index contributed by atoms with van der Waals surface area (Å²) < 4.78 is 26.7. The van der Waals surface area contributed by atoms with E-state index in [0.717, 1.165) is 0 Å². The molecule has 0 unspecified atom stereocenters. The minimum Gasteiger partial charge on any atom is -0.288 e. The number of hydrogen-bond acceptors (Lipinski definition) is 5. The zero-order chi connectivity index (χ0) is 17.0. The number of hydrogen-bond donors (Lipinski definition) is 3. The Bertz CT molecular complexity index is 826. The third-order valence-corrected chi connectivity index (χ3v) is 4.34. The first kappa shape index (κ1) is 20.5. The summed E-state index contributed by atoms with van der Waals surface area (Å²) in [7, 11) is -3.76. The minimum atomic E-state index is -3.76. The maximum Gasteiger partial charge on any atom is 0.293 e. The SMILES string of the molecule is Cl.O=C(NO)c1cc(NS(=O)(=O)Cc2cc(Cl)cc(Cl)c2)ccn1. The zero-order valence-corrected chi connectivity index (χ0v) is 15.0. The molecule has 0 saturated carbocycles. The Balaban J connectivity index is 0.00000288. The van der Waals surface area contributed by atoms with Crippen molar-refractivity contribution in [1.29, 1.82) is 0 Å². The molecule has 0 fully saturated rings. The van der Waals surface area contributed by atoms with Crippen LogP contribution in [0.15, 0.2) is 36.5 Å². The molecule has 0 bridgehead atoms. The molecule has 0 saturated heterocycles. The molecule has 2 rings (SSSR count). The summed E-state index contributed by atoms with van der Waals surface area (Å²) in [5.41, 5.74) is 1.82. The summed E-state index contributed by atoms with van der Waals surface area (Å²) in [6.07, 6.45) is 1.23. The van der Waals surface area contributed by atoms with Crippen LogP contribution in [0, 0.1) is 0 Å². The fourth-order valence-corrected chi connectivity index (χ4v) is 3.54. The summed E-state index contributed by atoms with van der Waals surface area (Å²) in [4.78, 5) is 15.0. The van der Waals surface area contributed by atoms with Crippen LogP contribution in [0.4, 0.5) is 5.69 Å². The van der Waals surface area contributed by atoms with E-state index < -0.39 is 15.9 Å². The van der Waals surface area contributed by atoms with Crippen LogP contribution in [-0.4, -0.2) is 24.5 Å². The van der Waals surface area contributed by atoms with Gasteiger partial charge in [-0.1, -0.05) is 23.2 Å². The zero-order valence-electron chi connectivity index (χ0n) is 11.9. The van der Waals surface area contributed by atoms with Gasteiger partial charge in [0.1, 0.15) is 5.69 Å². The van der Waals surface area contributed by atoms with Gasteiger partial charge in [-0.2, -0.15) is 0 Å². The molecule has 0 aliphatic rings. The first-order valence-electron chi connectivity index (χ1n) is 6.15. The van der Waals surface area contributed by atoms with Crippen LogP contribution in [0.3, 0.4) is 0 Å². The molecule has 1 amide bonds. The number of hydroxylamine groups is 1. The maximum absolute atomic E-state index is 12.2. The number of pyridine rings is 1. The Morgan fingerprint density at radius 2 is 1.79 bits per heavy atom. The topological polar surface area (TPSA) is 108 Å². The van der Waals surface area contributed by atoms with Gasteiger partial charge in [-0.15, -0.1) is 12.4 Å². The summed E-state index contributed by atoms with van der Waals surface area (Å²) >= 11 is 11.7. The summed E-state index contributed by atoms with van der Waals surface area (Å²) in [5, 5.41) is 9.21. The second-order valence-corrected chi connectivity index (χ2v) is 7.10. The number of nitrogens with zero attached hydrogens (tertiary/aromatic N) is 1. The second-order valence-electron chi connectivity index (χ2n) is 4.51. The van der Waals surface area contributed by atoms with Gasteiger partial charge >= 0.3 is 0 Å². The molecule has 24 heavy (non-hydrogen) atoms. The van der Waals surface area contributed by atoms with E-state index in [9.17, 15) is 13.2 Å². The molecule has 0 aliphatic carbocycles. The van der Waals surface area contributed by atoms with E-state index in [1.807, 2.05) is 0 Å². The van der Waals surface area contributed by atoms with Crippen LogP contribution in [0.2, 0.25) is 10.0 Å². The molecule has 1 aromatic heterocycles. The van der Waals surface area contributed by atoms with Crippen molar-refractivity contribution >= 4 is 57.2 Å². The van der Waals surface area contributed by atoms with Gasteiger partial charge in [0.25, 0.3) is 5.91 Å². The summed E-state index contributed by atoms with van der Waals surface area (Å²) in [6, 6.07) is 7.04. The van der Waals surface area contributed by atoms with Crippen molar-refractivity contribution in [2.24, 2.45) is 0 Å². The van der Waals surface area contributed by atoms with Gasteiger partial charge < -0.3 is 0 Å². The normalized spacial score (nSPS) is 10.6. The van der Waals surface area contributed by atoms with Crippen molar-refractivity contribution in [3.63, 3.8) is 0 Å². The molecule has 1 aromatic carbocycles. The van der Waals surface area contributed by atoms with Crippen molar-refractivity contribution in [3.05, 3.63) is 57.8 Å². The number of benzene rings is 1. The van der Waals surface area contributed by atoms with E-state index in [1.54, 1.807) is 0 Å². The average Bonchev–Trinajstić information content (AvgIpc) is 2.44. The third-order valence-electron chi connectivity index (χ3n) is 2.65. The number of anilines is 1. The van der Waals surface area contributed by atoms with Crippen molar-refractivity contribution in [2.75, 3.05) is 4.72 Å². The molecule has 1 heterocycles. The number of carbonyl (C=O) groups is 1. The largest absolute Gasteiger partial charge is 0.293 e. The summed E-state index contributed by atoms with van der Waals surface area (Å²) in [5.74, 6) is -1.20. The van der Waals surface area contributed by atoms with E-state index in [1.165, 1.54) is 42.0 Å². The van der Waals surface area contributed by atoms with Gasteiger partial charge in [-0.25, -0.2) is 13.9 Å². The number of aromatic nitrogens is 1. The highest BCUT2D eigenvalue weighted by molar-refractivity contribution is 7.91. The highest BCUT2D eigenvalue weighted by atomic mass is 35.5. The fourth-order valence-electron chi connectivity index (χ4n) is 1.80. The molecule has 0 atom stereocenters. The van der Waals surface area contributed by atoms with Gasteiger partial charge in [-0.05, 0) is 35.9 Å². The van der Waals surface area contributed by atoms with Gasteiger partial charge in [0, 0.05) is 16.2 Å². The lowest BCUT2D eigenvalue weighted by Gasteiger charge is -2.09. The lowest BCUT2D eigenvalue weighted by molar-refractivity contribution is 0.0701. The van der Waals surface area contributed by atoms with Gasteiger partial charge in [0.2, 0.25) is 10.0 Å². The molecular weight excluding hydrogens is 401 g/mol. The fraction of sp³-hybridized carbons (Fsp3) is 0.0769. The molecule has 130 valence electrons. The molecular formula is C13H12Cl3N3O4S. The molecule has 0 spiro atoms. The summed E-state index contributed by atoms with van der Waals surface area (Å²) in [6.45, 7) is 0. The van der Waals surface area contributed by atoms with Crippen molar-refractivity contribution in [3.8, 4) is 0 Å². The predicted molar refractivity (Wildman–Crippen MR) is 93.4 cm³/mol. The smallest absolute Gasteiger partial charge is 0.288 e. The first-order valence-corrected chi connectivity index (χ1v) is 8.56.